The minimum absolute atomic E-state index is 0. The predicted molar refractivity (Wildman–Crippen MR) is 246 cm³/mol. The van der Waals surface area contributed by atoms with Crippen LogP contribution in [0.4, 0.5) is 34.1 Å². The zero-order chi connectivity index (χ0) is 52.6. The van der Waals surface area contributed by atoms with Gasteiger partial charge in [0.15, 0.2) is 22.9 Å². The van der Waals surface area contributed by atoms with Crippen LogP contribution in [0.15, 0.2) is 90.5 Å². The summed E-state index contributed by atoms with van der Waals surface area (Å²) in [5, 5.41) is 54.4. The molecule has 10 N–H and O–H groups in total. The summed E-state index contributed by atoms with van der Waals surface area (Å²) in [5.41, 5.74) is -1.22. The van der Waals surface area contributed by atoms with Gasteiger partial charge in [-0.3, -0.25) is 68.5 Å². The van der Waals surface area contributed by atoms with E-state index in [4.69, 9.17) is 0 Å². The van der Waals surface area contributed by atoms with Crippen LogP contribution in [0, 0.1) is 20.2 Å². The first-order valence-corrected chi connectivity index (χ1v) is 23.9. The van der Waals surface area contributed by atoms with E-state index in [1.807, 2.05) is 10.9 Å². The molecule has 35 heteroatoms. The zero-order valence-corrected chi connectivity index (χ0v) is 39.5. The number of benzene rings is 4. The maximum absolute atomic E-state index is 13.0. The molecule has 0 saturated heterocycles. The number of ketones is 2. The van der Waals surface area contributed by atoms with Crippen molar-refractivity contribution >= 4 is 122 Å². The first kappa shape index (κ1) is 55.7. The Morgan fingerprint density at radius 1 is 0.563 bits per heavy atom. The maximum atomic E-state index is 13.0. The number of nitrogens with zero attached hydrogens (tertiary/aromatic N) is 4. The van der Waals surface area contributed by atoms with Gasteiger partial charge in [-0.2, -0.15) is 43.9 Å². The number of hydrogen-bond acceptors (Lipinski definition) is 22. The zero-order valence-electron chi connectivity index (χ0n) is 40.0. The number of nitro groups is 2. The van der Waals surface area contributed by atoms with Crippen LogP contribution in [0.5, 0.6) is 11.5 Å². The molecule has 374 valence electrons. The predicted octanol–water partition coefficient (Wildman–Crippen LogP) is 3.36. The van der Waals surface area contributed by atoms with E-state index in [1.54, 1.807) is 0 Å². The second-order valence-corrected chi connectivity index (χ2v) is 19.4. The number of allylic oxidation sites excluding steroid dienone is 2. The Hall–Kier alpha value is -7.85. The third-order valence-electron chi connectivity index (χ3n) is 8.94. The molecule has 2 aliphatic carbocycles. The number of hydrogen-bond donors (Lipinski definition) is 10. The number of Topliss-reactive ketones (excluding diaryl/α,β-unsaturated/α-hetero) is 2. The summed E-state index contributed by atoms with van der Waals surface area (Å²) >= 11 is 0. The molecule has 0 saturated carbocycles. The van der Waals surface area contributed by atoms with Crippen LogP contribution in [0.3, 0.4) is 0 Å². The molecule has 0 unspecified atom stereocenters. The summed E-state index contributed by atoms with van der Waals surface area (Å²) < 4.78 is 131. The Bertz CT molecular complexity index is 3420. The average molecular weight is 1110 g/mol. The normalized spacial score (nSPS) is 14.6. The number of phenolic OH excluding ortho intramolecular Hbond substituents is 2. The Balaban J connectivity index is 0. The monoisotopic (exact) mass is 1110 g/mol. The summed E-state index contributed by atoms with van der Waals surface area (Å²) in [6.07, 6.45) is 1.78. The van der Waals surface area contributed by atoms with E-state index >= 15 is 0 Å². The Kier molecular flexibility index (Phi) is 16.2. The molecule has 0 bridgehead atoms. The van der Waals surface area contributed by atoms with Crippen molar-refractivity contribution in [3.63, 3.8) is 0 Å². The molecule has 2 amide bonds. The van der Waals surface area contributed by atoms with Gasteiger partial charge < -0.3 is 20.8 Å². The fraction of sp³-hybridized carbons (Fsp3) is 0.0556. The first-order valence-electron chi connectivity index (χ1n) is 18.2. The molecule has 0 heterocycles. The fourth-order valence-electron chi connectivity index (χ4n) is 6.02. The molecule has 4 aromatic rings. The molecule has 0 aromatic heterocycles. The smallest absolute Gasteiger partial charge is 0.504 e. The van der Waals surface area contributed by atoms with E-state index in [0.29, 0.717) is 24.3 Å². The number of anilines is 4. The van der Waals surface area contributed by atoms with Crippen LogP contribution in [-0.2, 0) is 67.4 Å². The maximum Gasteiger partial charge on any atom is 1.00 e. The van der Waals surface area contributed by atoms with Gasteiger partial charge in [-0.05, 0) is 47.5 Å². The van der Waals surface area contributed by atoms with E-state index < -0.39 is 139 Å². The van der Waals surface area contributed by atoms with Crippen molar-refractivity contribution in [1.82, 2.24) is 0 Å². The van der Waals surface area contributed by atoms with Gasteiger partial charge in [-0.25, -0.2) is 0 Å². The van der Waals surface area contributed by atoms with Gasteiger partial charge in [0.2, 0.25) is 23.4 Å². The van der Waals surface area contributed by atoms with Crippen molar-refractivity contribution in [2.24, 2.45) is 10.2 Å². The van der Waals surface area contributed by atoms with Crippen LogP contribution >= 0.6 is 0 Å². The average Bonchev–Trinajstić information content (AvgIpc) is 3.22. The van der Waals surface area contributed by atoms with Gasteiger partial charge in [0, 0.05) is 78.0 Å². The van der Waals surface area contributed by atoms with E-state index in [9.17, 15) is 102 Å². The number of hydrazone groups is 2. The Labute approximate surface area is 415 Å². The van der Waals surface area contributed by atoms with Crippen molar-refractivity contribution in [2.75, 3.05) is 21.5 Å². The molecule has 0 atom stereocenters. The second-order valence-electron chi connectivity index (χ2n) is 13.9. The van der Waals surface area contributed by atoms with Crippen molar-refractivity contribution < 1.29 is 116 Å². The van der Waals surface area contributed by atoms with Crippen LogP contribution in [0.1, 0.15) is 52.8 Å². The minimum atomic E-state index is -5.15. The largest absolute Gasteiger partial charge is 1.00 e. The van der Waals surface area contributed by atoms with Gasteiger partial charge in [-0.1, -0.05) is 12.1 Å². The number of amides is 2. The molecule has 0 radical (unpaired) electrons. The standard InChI is InChI=1S/2C18H14N4O11S2.Cr/c2*1-8(23)19-10-3-2-9-4-14(34(28,29)30)16(17(24)12(9)5-10)21-20-13-6-11(22(26)27)7-15(18(13)25)35(31,32)33;/h2*2-7,20,25H,1H3,(H,19,23)(H,28,29,30)(H,31,32,33);/p+5/b21-16+;;. The minimum Gasteiger partial charge on any atom is -0.504 e. The quantitative estimate of drug-likeness (QED) is 0.0421. The molecule has 0 fully saturated rings. The Morgan fingerprint density at radius 3 is 1.15 bits per heavy atom. The van der Waals surface area contributed by atoms with Crippen molar-refractivity contribution in [2.45, 2.75) is 23.6 Å². The van der Waals surface area contributed by atoms with E-state index in [0.717, 1.165) is 12.2 Å². The fourth-order valence-corrected chi connectivity index (χ4v) is 8.58. The number of carbonyl (C=O) groups excluding carboxylic acids is 4. The molecule has 2 aliphatic rings. The topological polar surface area (TPSA) is 485 Å². The number of nitro benzene ring substituents is 2. The van der Waals surface area contributed by atoms with Gasteiger partial charge in [-0.15, -0.1) is 0 Å². The van der Waals surface area contributed by atoms with Crippen LogP contribution in [0.25, 0.3) is 12.2 Å². The van der Waals surface area contributed by atoms with Crippen LogP contribution in [-0.4, -0.2) is 107 Å². The molecule has 4 aromatic carbocycles. The van der Waals surface area contributed by atoms with Gasteiger partial charge in [0.1, 0.15) is 31.0 Å². The summed E-state index contributed by atoms with van der Waals surface area (Å²) in [6, 6.07) is 9.63. The summed E-state index contributed by atoms with van der Waals surface area (Å²) in [4.78, 5) is 64.2. The van der Waals surface area contributed by atoms with E-state index in [1.165, 1.54) is 50.2 Å². The van der Waals surface area contributed by atoms with Gasteiger partial charge in [0.25, 0.3) is 51.8 Å². The number of fused-ring (bicyclic) bond motifs is 2. The van der Waals surface area contributed by atoms with E-state index in [2.05, 4.69) is 20.8 Å². The molecular weight excluding hydrogens is 1080 g/mol. The number of rotatable bonds is 12. The molecule has 30 nitrogen and oxygen atoms in total. The summed E-state index contributed by atoms with van der Waals surface area (Å²) in [6.45, 7) is 2.42. The summed E-state index contributed by atoms with van der Waals surface area (Å²) in [5.74, 6) is -5.53. The van der Waals surface area contributed by atoms with Crippen LogP contribution < -0.4 is 21.5 Å². The van der Waals surface area contributed by atoms with Crippen molar-refractivity contribution in [3.8, 4) is 11.5 Å². The first-order chi connectivity index (χ1) is 32.2. The molecule has 71 heavy (non-hydrogen) atoms. The van der Waals surface area contributed by atoms with Gasteiger partial charge in [0.05, 0.1) is 9.85 Å². The summed E-state index contributed by atoms with van der Waals surface area (Å²) in [7, 11) is -20.4. The number of nitrogens with one attached hydrogen (secondary N) is 4. The molecule has 6 rings (SSSR count). The van der Waals surface area contributed by atoms with Crippen molar-refractivity contribution in [1.29, 1.82) is 0 Å². The third-order valence-corrected chi connectivity index (χ3v) is 12.4. The number of carbonyl (C=O) groups is 4. The molecular formula is C36H33CrN8O22S4+5. The second kappa shape index (κ2) is 20.6. The van der Waals surface area contributed by atoms with Crippen LogP contribution in [0.2, 0.25) is 0 Å². The van der Waals surface area contributed by atoms with Gasteiger partial charge >= 0.3 is 7.13 Å². The van der Waals surface area contributed by atoms with E-state index in [-0.39, 0.29) is 58.1 Å². The SMILES string of the molecule is CC(=O)Nc1ccc2c(c1)C(=O)/C(=N/Nc1cc([N+](=O)[O-])cc(S(=O)(=O)O)c1O)C(S(=O)(=O)O)=C2.CC(=O)Nc1ccc2c(c1)C(=O)C(=NNc1cc([N+](=O)[O-])cc(S(=O)(=O)O)c1O)C(S(=O)(=O)O)=C2.[Cr].[H+].[H+].[H+].[H+].[H+]. The molecule has 0 spiro atoms. The third kappa shape index (κ3) is 12.9. The molecule has 0 aliphatic heterocycles. The number of aromatic hydroxyl groups is 2. The number of phenols is 2. The Morgan fingerprint density at radius 2 is 0.887 bits per heavy atom. The van der Waals surface area contributed by atoms with Crippen molar-refractivity contribution in [3.05, 3.63) is 113 Å². The number of non-ortho nitro benzene ring substituents is 2.